The zero-order valence-electron chi connectivity index (χ0n) is 7.91. The summed E-state index contributed by atoms with van der Waals surface area (Å²) in [6, 6.07) is 0. The largest absolute Gasteiger partial charge is 0.462 e. The Morgan fingerprint density at radius 2 is 2.15 bits per heavy atom. The fraction of sp³-hybridized carbons (Fsp3) is 0.778. The molecule has 0 spiro atoms. The molecule has 0 aliphatic carbocycles. The van der Waals surface area contributed by atoms with Crippen LogP contribution in [0.4, 0.5) is 0 Å². The second kappa shape index (κ2) is 8.85. The van der Waals surface area contributed by atoms with Crippen LogP contribution in [0.1, 0.15) is 32.6 Å². The van der Waals surface area contributed by atoms with E-state index in [0.717, 1.165) is 19.3 Å². The second-order valence-electron chi connectivity index (χ2n) is 2.62. The van der Waals surface area contributed by atoms with Crippen molar-refractivity contribution in [3.63, 3.8) is 0 Å². The van der Waals surface area contributed by atoms with Crippen molar-refractivity contribution in [1.29, 1.82) is 5.26 Å². The van der Waals surface area contributed by atoms with E-state index in [4.69, 9.17) is 10.00 Å². The van der Waals surface area contributed by atoms with Crippen molar-refractivity contribution in [2.24, 2.45) is 0 Å². The van der Waals surface area contributed by atoms with Gasteiger partial charge in [0.2, 0.25) is 0 Å². The summed E-state index contributed by atoms with van der Waals surface area (Å²) in [7, 11) is 0. The lowest BCUT2D eigenvalue weighted by molar-refractivity contribution is -0.144. The molecule has 0 saturated heterocycles. The molecular weight excluding hydrogens is 170 g/mol. The number of unbranched alkanes of at least 4 members (excludes halogenated alkanes) is 2. The molecule has 0 heterocycles. The average molecular weight is 185 g/mol. The van der Waals surface area contributed by atoms with Gasteiger partial charge in [-0.05, 0) is 6.42 Å². The molecule has 0 rings (SSSR count). The predicted molar refractivity (Wildman–Crippen MR) is 46.7 cm³/mol. The first kappa shape index (κ1) is 11.8. The molecule has 0 bridgehead atoms. The van der Waals surface area contributed by atoms with Gasteiger partial charge in [0.25, 0.3) is 6.26 Å². The Balaban J connectivity index is 3.16. The van der Waals surface area contributed by atoms with Crippen LogP contribution in [0.5, 0.6) is 0 Å². The first-order valence-corrected chi connectivity index (χ1v) is 4.47. The zero-order chi connectivity index (χ0) is 9.94. The lowest BCUT2D eigenvalue weighted by Crippen LogP contribution is -2.09. The molecule has 0 atom stereocenters. The van der Waals surface area contributed by atoms with Crippen LogP contribution in [0.2, 0.25) is 0 Å². The summed E-state index contributed by atoms with van der Waals surface area (Å²) in [5, 5.41) is 7.99. The van der Waals surface area contributed by atoms with Crippen LogP contribution in [-0.2, 0) is 14.3 Å². The molecule has 4 heteroatoms. The van der Waals surface area contributed by atoms with E-state index in [1.165, 1.54) is 6.26 Å². The number of rotatable bonds is 7. The lowest BCUT2D eigenvalue weighted by atomic mass is 10.2. The number of esters is 1. The van der Waals surface area contributed by atoms with Crippen molar-refractivity contribution >= 4 is 5.97 Å². The molecule has 0 aromatic carbocycles. The van der Waals surface area contributed by atoms with Crippen molar-refractivity contribution in [2.75, 3.05) is 13.2 Å². The van der Waals surface area contributed by atoms with Gasteiger partial charge in [-0.25, -0.2) is 0 Å². The number of carbonyl (C=O) groups excluding carboxylic acids is 1. The number of ether oxygens (including phenoxy) is 2. The first-order valence-electron chi connectivity index (χ1n) is 4.47. The monoisotopic (exact) mass is 185 g/mol. The lowest BCUT2D eigenvalue weighted by Gasteiger charge is -2.02. The Morgan fingerprint density at radius 1 is 1.38 bits per heavy atom. The predicted octanol–water partition coefficient (Wildman–Crippen LogP) is 1.61. The van der Waals surface area contributed by atoms with Gasteiger partial charge in [-0.2, -0.15) is 5.26 Å². The molecule has 0 amide bonds. The van der Waals surface area contributed by atoms with E-state index >= 15 is 0 Å². The van der Waals surface area contributed by atoms with E-state index in [0.29, 0.717) is 6.42 Å². The summed E-state index contributed by atoms with van der Waals surface area (Å²) in [4.78, 5) is 10.9. The molecule has 0 radical (unpaired) electrons. The maximum absolute atomic E-state index is 10.9. The highest BCUT2D eigenvalue weighted by Crippen LogP contribution is 2.00. The average Bonchev–Trinajstić information content (AvgIpc) is 2.13. The SMILES string of the molecule is CCCCCC(=O)OCCOC#N. The van der Waals surface area contributed by atoms with Crippen molar-refractivity contribution in [1.82, 2.24) is 0 Å². The van der Waals surface area contributed by atoms with Gasteiger partial charge in [0, 0.05) is 6.42 Å². The van der Waals surface area contributed by atoms with E-state index < -0.39 is 0 Å². The van der Waals surface area contributed by atoms with Crippen LogP contribution in [0.25, 0.3) is 0 Å². The van der Waals surface area contributed by atoms with Crippen LogP contribution in [0, 0.1) is 11.5 Å². The summed E-state index contributed by atoms with van der Waals surface area (Å²) < 4.78 is 9.11. The fourth-order valence-electron chi connectivity index (χ4n) is 0.834. The topological polar surface area (TPSA) is 59.3 Å². The van der Waals surface area contributed by atoms with Gasteiger partial charge >= 0.3 is 5.97 Å². The first-order chi connectivity index (χ1) is 6.31. The standard InChI is InChI=1S/C9H15NO3/c1-2-3-4-5-9(11)13-7-6-12-8-10/h2-7H2,1H3. The highest BCUT2D eigenvalue weighted by Gasteiger charge is 2.01. The third-order valence-electron chi connectivity index (χ3n) is 1.50. The van der Waals surface area contributed by atoms with Crippen LogP contribution < -0.4 is 0 Å². The van der Waals surface area contributed by atoms with Gasteiger partial charge in [-0.3, -0.25) is 4.79 Å². The molecular formula is C9H15NO3. The molecule has 0 aliphatic heterocycles. The van der Waals surface area contributed by atoms with Gasteiger partial charge in [0.15, 0.2) is 0 Å². The van der Waals surface area contributed by atoms with Gasteiger partial charge in [0.05, 0.1) is 0 Å². The summed E-state index contributed by atoms with van der Waals surface area (Å²) in [5.74, 6) is -0.213. The second-order valence-corrected chi connectivity index (χ2v) is 2.62. The quantitative estimate of drug-likeness (QED) is 0.343. The van der Waals surface area contributed by atoms with Crippen LogP contribution in [0.3, 0.4) is 0 Å². The van der Waals surface area contributed by atoms with Crippen LogP contribution in [0.15, 0.2) is 0 Å². The van der Waals surface area contributed by atoms with Gasteiger partial charge in [-0.15, -0.1) is 0 Å². The Kier molecular flexibility index (Phi) is 8.01. The molecule has 0 fully saturated rings. The molecule has 4 nitrogen and oxygen atoms in total. The number of nitriles is 1. The number of carbonyl (C=O) groups is 1. The van der Waals surface area contributed by atoms with Crippen LogP contribution in [-0.4, -0.2) is 19.2 Å². The molecule has 13 heavy (non-hydrogen) atoms. The summed E-state index contributed by atoms with van der Waals surface area (Å²) in [6.45, 7) is 2.39. The minimum atomic E-state index is -0.213. The highest BCUT2D eigenvalue weighted by molar-refractivity contribution is 5.69. The van der Waals surface area contributed by atoms with Crippen molar-refractivity contribution in [2.45, 2.75) is 32.6 Å². The number of nitrogens with zero attached hydrogens (tertiary/aromatic N) is 1. The van der Waals surface area contributed by atoms with Gasteiger partial charge in [-0.1, -0.05) is 19.8 Å². The van der Waals surface area contributed by atoms with Crippen LogP contribution >= 0.6 is 0 Å². The molecule has 0 saturated carbocycles. The third kappa shape index (κ3) is 8.67. The molecule has 74 valence electrons. The smallest absolute Gasteiger partial charge is 0.305 e. The van der Waals surface area contributed by atoms with E-state index in [1.54, 1.807) is 0 Å². The van der Waals surface area contributed by atoms with E-state index in [2.05, 4.69) is 11.7 Å². The molecule has 0 unspecified atom stereocenters. The van der Waals surface area contributed by atoms with Crippen molar-refractivity contribution < 1.29 is 14.3 Å². The third-order valence-corrected chi connectivity index (χ3v) is 1.50. The van der Waals surface area contributed by atoms with Crippen molar-refractivity contribution in [3.8, 4) is 6.26 Å². The maximum atomic E-state index is 10.9. The summed E-state index contributed by atoms with van der Waals surface area (Å²) in [5.41, 5.74) is 0. The number of hydrogen-bond acceptors (Lipinski definition) is 4. The summed E-state index contributed by atoms with van der Waals surface area (Å²) in [6.07, 6.45) is 4.96. The van der Waals surface area contributed by atoms with E-state index in [9.17, 15) is 4.79 Å². The number of hydrogen-bond donors (Lipinski definition) is 0. The molecule has 0 aromatic rings. The molecule has 0 N–H and O–H groups in total. The summed E-state index contributed by atoms with van der Waals surface area (Å²) >= 11 is 0. The Labute approximate surface area is 78.4 Å². The minimum absolute atomic E-state index is 0.149. The normalized spacial score (nSPS) is 8.92. The fourth-order valence-corrected chi connectivity index (χ4v) is 0.834. The van der Waals surface area contributed by atoms with Gasteiger partial charge < -0.3 is 9.47 Å². The Bertz CT molecular complexity index is 174. The highest BCUT2D eigenvalue weighted by atomic mass is 16.6. The minimum Gasteiger partial charge on any atom is -0.462 e. The van der Waals surface area contributed by atoms with E-state index in [-0.39, 0.29) is 19.2 Å². The molecule has 0 aromatic heterocycles. The van der Waals surface area contributed by atoms with Crippen molar-refractivity contribution in [3.05, 3.63) is 0 Å². The Hall–Kier alpha value is -1.24. The zero-order valence-corrected chi connectivity index (χ0v) is 7.91. The maximum Gasteiger partial charge on any atom is 0.305 e. The Morgan fingerprint density at radius 3 is 2.77 bits per heavy atom. The molecule has 0 aliphatic rings. The van der Waals surface area contributed by atoms with Gasteiger partial charge in [0.1, 0.15) is 13.2 Å². The van der Waals surface area contributed by atoms with E-state index in [1.807, 2.05) is 0 Å².